The van der Waals surface area contributed by atoms with Gasteiger partial charge in [0.25, 0.3) is 0 Å². The molecule has 4 rings (SSSR count). The maximum absolute atomic E-state index is 13.9. The number of nitrogens with one attached hydrogen (secondary N) is 1. The Bertz CT molecular complexity index is 1320. The summed E-state index contributed by atoms with van der Waals surface area (Å²) in [4.78, 5) is 3.50. The molecule has 6 heteroatoms. The van der Waals surface area contributed by atoms with Crippen LogP contribution in [0, 0.1) is 12.4 Å². The van der Waals surface area contributed by atoms with Crippen molar-refractivity contribution in [1.82, 2.24) is 0 Å². The number of hydrogen-bond donors (Lipinski definition) is 1. The summed E-state index contributed by atoms with van der Waals surface area (Å²) in [6, 6.07) is 13.7. The Kier molecular flexibility index (Phi) is 6.21. The minimum absolute atomic E-state index is 0.197. The van der Waals surface area contributed by atoms with Crippen molar-refractivity contribution in [3.63, 3.8) is 0 Å². The summed E-state index contributed by atoms with van der Waals surface area (Å²) in [7, 11) is 3.10. The summed E-state index contributed by atoms with van der Waals surface area (Å²) in [5.74, 6) is 1.11. The van der Waals surface area contributed by atoms with Gasteiger partial charge in [0.15, 0.2) is 17.2 Å². The maximum atomic E-state index is 13.9. The van der Waals surface area contributed by atoms with Crippen LogP contribution in [-0.4, -0.2) is 19.8 Å². The molecule has 0 bridgehead atoms. The minimum atomic E-state index is -0.364. The lowest BCUT2D eigenvalue weighted by atomic mass is 9.85. The minimum Gasteiger partial charge on any atom is -0.496 e. The highest BCUT2D eigenvalue weighted by atomic mass is 19.1. The number of rotatable bonds is 6. The summed E-state index contributed by atoms with van der Waals surface area (Å²) in [6.45, 7) is 13.9. The van der Waals surface area contributed by atoms with E-state index in [1.54, 1.807) is 31.4 Å². The van der Waals surface area contributed by atoms with Crippen LogP contribution in [-0.2, 0) is 6.61 Å². The van der Waals surface area contributed by atoms with Crippen molar-refractivity contribution < 1.29 is 18.6 Å². The molecule has 0 amide bonds. The van der Waals surface area contributed by atoms with Gasteiger partial charge in [-0.05, 0) is 62.2 Å². The van der Waals surface area contributed by atoms with Gasteiger partial charge in [-0.25, -0.2) is 9.24 Å². The highest BCUT2D eigenvalue weighted by Gasteiger charge is 2.27. The molecule has 0 fully saturated rings. The van der Waals surface area contributed by atoms with Gasteiger partial charge >= 0.3 is 0 Å². The molecule has 0 atom stereocenters. The van der Waals surface area contributed by atoms with Crippen LogP contribution in [0.4, 0.5) is 15.8 Å². The zero-order valence-corrected chi connectivity index (χ0v) is 20.0. The first kappa shape index (κ1) is 23.2. The van der Waals surface area contributed by atoms with E-state index in [9.17, 15) is 4.39 Å². The second-order valence-electron chi connectivity index (χ2n) is 8.77. The topological polar surface area (TPSA) is 44.1 Å². The number of hydrogen-bond acceptors (Lipinski definition) is 4. The van der Waals surface area contributed by atoms with Crippen LogP contribution >= 0.6 is 0 Å². The third-order valence-corrected chi connectivity index (χ3v) is 5.84. The Morgan fingerprint density at radius 1 is 0.941 bits per heavy atom. The van der Waals surface area contributed by atoms with E-state index in [-0.39, 0.29) is 18.0 Å². The molecule has 1 heterocycles. The summed E-state index contributed by atoms with van der Waals surface area (Å²) in [5, 5.41) is 3.57. The fraction of sp³-hybridized carbons (Fsp3) is 0.250. The molecule has 0 aromatic heterocycles. The molecule has 3 aromatic carbocycles. The Balaban J connectivity index is 1.88. The zero-order valence-electron chi connectivity index (χ0n) is 20.0. The van der Waals surface area contributed by atoms with Gasteiger partial charge in [0.1, 0.15) is 18.2 Å². The summed E-state index contributed by atoms with van der Waals surface area (Å²) in [5.41, 5.74) is 5.98. The van der Waals surface area contributed by atoms with Crippen LogP contribution in [0.1, 0.15) is 31.9 Å². The first-order chi connectivity index (χ1) is 16.3. The first-order valence-corrected chi connectivity index (χ1v) is 10.9. The standard InChI is InChI=1S/C28H27FN2O3/c1-17-15-28(2,3)31-23-11-10-20(21-9-7-18(29)13-25(21)33-6)22(27(17)23)16-34-26-14-19(30-4)8-12-24(26)32-5/h7-15,31H,16H2,1-3,5-6H3. The van der Waals surface area contributed by atoms with Crippen LogP contribution < -0.4 is 19.5 Å². The number of fused-ring (bicyclic) bond motifs is 1. The Hall–Kier alpha value is -3.98. The van der Waals surface area contributed by atoms with Crippen molar-refractivity contribution in [2.45, 2.75) is 32.9 Å². The van der Waals surface area contributed by atoms with Crippen molar-refractivity contribution in [2.75, 3.05) is 19.5 Å². The summed E-state index contributed by atoms with van der Waals surface area (Å²) in [6.07, 6.45) is 2.19. The quantitative estimate of drug-likeness (QED) is 0.395. The van der Waals surface area contributed by atoms with E-state index in [0.717, 1.165) is 33.5 Å². The molecule has 0 saturated heterocycles. The lowest BCUT2D eigenvalue weighted by molar-refractivity contribution is 0.285. The highest BCUT2D eigenvalue weighted by Crippen LogP contribution is 2.43. The SMILES string of the molecule is [C-]#[N+]c1ccc(OC)c(OCc2c(-c3ccc(F)cc3OC)ccc3c2C(C)=CC(C)(C)N3)c1. The summed E-state index contributed by atoms with van der Waals surface area (Å²) < 4.78 is 31.1. The molecule has 3 aromatic rings. The predicted octanol–water partition coefficient (Wildman–Crippen LogP) is 7.25. The lowest BCUT2D eigenvalue weighted by Crippen LogP contribution is -2.32. The van der Waals surface area contributed by atoms with Gasteiger partial charge in [-0.3, -0.25) is 0 Å². The van der Waals surface area contributed by atoms with Crippen molar-refractivity contribution in [1.29, 1.82) is 0 Å². The molecule has 5 nitrogen and oxygen atoms in total. The van der Waals surface area contributed by atoms with E-state index in [0.29, 0.717) is 22.9 Å². The Labute approximate surface area is 199 Å². The van der Waals surface area contributed by atoms with Crippen molar-refractivity contribution in [3.05, 3.63) is 83.0 Å². The fourth-order valence-corrected chi connectivity index (χ4v) is 4.49. The molecule has 0 unspecified atom stereocenters. The van der Waals surface area contributed by atoms with Crippen LogP contribution in [0.25, 0.3) is 21.5 Å². The van der Waals surface area contributed by atoms with Crippen molar-refractivity contribution >= 4 is 16.9 Å². The number of methoxy groups -OCH3 is 2. The van der Waals surface area contributed by atoms with Gasteiger partial charge in [0, 0.05) is 28.4 Å². The second kappa shape index (κ2) is 9.11. The lowest BCUT2D eigenvalue weighted by Gasteiger charge is -2.33. The molecule has 34 heavy (non-hydrogen) atoms. The van der Waals surface area contributed by atoms with Gasteiger partial charge in [0.2, 0.25) is 0 Å². The van der Waals surface area contributed by atoms with E-state index < -0.39 is 0 Å². The van der Waals surface area contributed by atoms with E-state index in [1.165, 1.54) is 19.2 Å². The molecule has 0 aliphatic carbocycles. The number of halogens is 1. The Morgan fingerprint density at radius 2 is 1.68 bits per heavy atom. The van der Waals surface area contributed by atoms with Crippen LogP contribution in [0.2, 0.25) is 0 Å². The van der Waals surface area contributed by atoms with Crippen molar-refractivity contribution in [3.8, 4) is 28.4 Å². The molecule has 1 aliphatic rings. The van der Waals surface area contributed by atoms with Gasteiger partial charge in [-0.15, -0.1) is 0 Å². The van der Waals surface area contributed by atoms with Gasteiger partial charge in [0.05, 0.1) is 26.3 Å². The van der Waals surface area contributed by atoms with Gasteiger partial charge < -0.3 is 19.5 Å². The Morgan fingerprint density at radius 3 is 2.38 bits per heavy atom. The smallest absolute Gasteiger partial charge is 0.191 e. The number of ether oxygens (including phenoxy) is 3. The van der Waals surface area contributed by atoms with Gasteiger partial charge in [-0.1, -0.05) is 18.2 Å². The molecule has 174 valence electrons. The van der Waals surface area contributed by atoms with E-state index >= 15 is 0 Å². The predicted molar refractivity (Wildman–Crippen MR) is 133 cm³/mol. The number of anilines is 1. The largest absolute Gasteiger partial charge is 0.496 e. The van der Waals surface area contributed by atoms with Crippen LogP contribution in [0.5, 0.6) is 17.2 Å². The number of allylic oxidation sites excluding steroid dienone is 1. The molecular weight excluding hydrogens is 431 g/mol. The van der Waals surface area contributed by atoms with Crippen molar-refractivity contribution in [2.24, 2.45) is 0 Å². The number of benzene rings is 3. The van der Waals surface area contributed by atoms with E-state index in [2.05, 4.69) is 37.0 Å². The first-order valence-electron chi connectivity index (χ1n) is 10.9. The average Bonchev–Trinajstić information content (AvgIpc) is 2.81. The van der Waals surface area contributed by atoms with Crippen LogP contribution in [0.3, 0.4) is 0 Å². The highest BCUT2D eigenvalue weighted by molar-refractivity contribution is 5.88. The molecule has 0 saturated carbocycles. The zero-order chi connectivity index (χ0) is 24.5. The molecule has 0 radical (unpaired) electrons. The monoisotopic (exact) mass is 458 g/mol. The average molecular weight is 459 g/mol. The third kappa shape index (κ3) is 4.42. The second-order valence-corrected chi connectivity index (χ2v) is 8.77. The summed E-state index contributed by atoms with van der Waals surface area (Å²) >= 11 is 0. The normalized spacial score (nSPS) is 13.7. The van der Waals surface area contributed by atoms with E-state index in [4.69, 9.17) is 20.8 Å². The fourth-order valence-electron chi connectivity index (χ4n) is 4.49. The maximum Gasteiger partial charge on any atom is 0.191 e. The van der Waals surface area contributed by atoms with Crippen LogP contribution in [0.15, 0.2) is 54.6 Å². The molecule has 1 N–H and O–H groups in total. The molecule has 1 aliphatic heterocycles. The van der Waals surface area contributed by atoms with E-state index in [1.807, 2.05) is 12.1 Å². The molecule has 0 spiro atoms. The number of nitrogens with zero attached hydrogens (tertiary/aromatic N) is 1. The molecular formula is C28H27FN2O3. The third-order valence-electron chi connectivity index (χ3n) is 5.84. The van der Waals surface area contributed by atoms with Gasteiger partial charge in [-0.2, -0.15) is 0 Å².